The third-order valence-electron chi connectivity index (χ3n) is 6.30. The predicted octanol–water partition coefficient (Wildman–Crippen LogP) is 5.19. The van der Waals surface area contributed by atoms with Gasteiger partial charge in [0.1, 0.15) is 16.8 Å². The molecule has 1 saturated carbocycles. The molecule has 0 aliphatic heterocycles. The van der Waals surface area contributed by atoms with E-state index in [1.165, 1.54) is 12.1 Å². The van der Waals surface area contributed by atoms with Crippen LogP contribution in [0.3, 0.4) is 0 Å². The number of nitrogens with zero attached hydrogens (tertiary/aromatic N) is 2. The number of halogens is 4. The maximum atomic E-state index is 14.4. The number of carbonyl (C=O) groups is 1. The molecule has 1 aliphatic carbocycles. The van der Waals surface area contributed by atoms with E-state index < -0.39 is 38.9 Å². The van der Waals surface area contributed by atoms with Gasteiger partial charge in [0.25, 0.3) is 0 Å². The van der Waals surface area contributed by atoms with Crippen LogP contribution in [0.2, 0.25) is 0 Å². The van der Waals surface area contributed by atoms with Crippen molar-refractivity contribution in [2.75, 3.05) is 0 Å². The lowest BCUT2D eigenvalue weighted by Gasteiger charge is -2.19. The summed E-state index contributed by atoms with van der Waals surface area (Å²) in [5.41, 5.74) is 1.02. The maximum Gasteiger partial charge on any atom is 0.404 e. The van der Waals surface area contributed by atoms with E-state index in [4.69, 9.17) is 0 Å². The first kappa shape index (κ1) is 25.1. The Kier molecular flexibility index (Phi) is 6.39. The summed E-state index contributed by atoms with van der Waals surface area (Å²) < 4.78 is 81.1. The summed E-state index contributed by atoms with van der Waals surface area (Å²) in [6.45, 7) is 2.26. The first-order valence-corrected chi connectivity index (χ1v) is 12.4. The van der Waals surface area contributed by atoms with Crippen molar-refractivity contribution >= 4 is 26.9 Å². The van der Waals surface area contributed by atoms with Gasteiger partial charge in [-0.15, -0.1) is 0 Å². The Labute approximate surface area is 198 Å². The molecule has 1 unspecified atom stereocenters. The summed E-state index contributed by atoms with van der Waals surface area (Å²) >= 11 is 0. The number of aromatic carboxylic acids is 1. The number of aryl methyl sites for hydroxylation is 1. The van der Waals surface area contributed by atoms with Crippen LogP contribution in [0.25, 0.3) is 22.3 Å². The molecule has 2 N–H and O–H groups in total. The fraction of sp³-hybridized carbons (Fsp3) is 0.391. The lowest BCUT2D eigenvalue weighted by atomic mass is 10.1. The number of carboxylic acids is 1. The first-order chi connectivity index (χ1) is 16.3. The zero-order valence-corrected chi connectivity index (χ0v) is 19.7. The van der Waals surface area contributed by atoms with Gasteiger partial charge in [-0.1, -0.05) is 12.8 Å². The van der Waals surface area contributed by atoms with Crippen molar-refractivity contribution < 1.29 is 35.9 Å². The molecule has 4 rings (SSSR count). The van der Waals surface area contributed by atoms with Gasteiger partial charge >= 0.3 is 12.1 Å². The Balaban J connectivity index is 1.87. The van der Waals surface area contributed by atoms with Crippen molar-refractivity contribution in [3.05, 3.63) is 47.4 Å². The normalized spacial score (nSPS) is 16.2. The number of aromatic nitrogens is 2. The topological polar surface area (TPSA) is 101 Å². The average Bonchev–Trinajstić information content (AvgIpc) is 3.39. The maximum absolute atomic E-state index is 14.4. The minimum absolute atomic E-state index is 0.0648. The van der Waals surface area contributed by atoms with E-state index in [1.807, 2.05) is 4.57 Å². The van der Waals surface area contributed by atoms with E-state index >= 15 is 0 Å². The highest BCUT2D eigenvalue weighted by Crippen LogP contribution is 2.41. The number of nitrogens with one attached hydrogen (secondary N) is 1. The Bertz CT molecular complexity index is 1390. The lowest BCUT2D eigenvalue weighted by molar-refractivity contribution is -0.147. The van der Waals surface area contributed by atoms with Gasteiger partial charge in [-0.2, -0.15) is 17.9 Å². The van der Waals surface area contributed by atoms with Crippen molar-refractivity contribution in [1.82, 2.24) is 14.3 Å². The van der Waals surface area contributed by atoms with Crippen LogP contribution < -0.4 is 4.72 Å². The summed E-state index contributed by atoms with van der Waals surface area (Å²) in [4.78, 5) is 15.9. The Morgan fingerprint density at radius 2 is 1.89 bits per heavy atom. The van der Waals surface area contributed by atoms with Crippen LogP contribution in [0.1, 0.15) is 54.6 Å². The van der Waals surface area contributed by atoms with Gasteiger partial charge in [-0.3, -0.25) is 4.98 Å². The molecule has 0 bridgehead atoms. The number of benzene rings is 1. The highest BCUT2D eigenvalue weighted by Gasteiger charge is 2.39. The number of sulfonamides is 1. The van der Waals surface area contributed by atoms with Crippen LogP contribution in [0.15, 0.2) is 35.4 Å². The molecule has 0 amide bonds. The van der Waals surface area contributed by atoms with Crippen molar-refractivity contribution in [3.8, 4) is 11.4 Å². The molecule has 188 valence electrons. The van der Waals surface area contributed by atoms with Gasteiger partial charge in [0.05, 0.1) is 22.5 Å². The summed E-state index contributed by atoms with van der Waals surface area (Å²) in [6.07, 6.45) is -0.475. The molecule has 0 saturated heterocycles. The third-order valence-corrected chi connectivity index (χ3v) is 7.83. The Morgan fingerprint density at radius 1 is 1.23 bits per heavy atom. The van der Waals surface area contributed by atoms with Gasteiger partial charge in [-0.05, 0) is 56.5 Å². The number of alkyl halides is 3. The van der Waals surface area contributed by atoms with Crippen LogP contribution in [-0.2, 0) is 10.0 Å². The Hall–Kier alpha value is -2.99. The molecule has 0 spiro atoms. The minimum Gasteiger partial charge on any atom is -0.478 e. The lowest BCUT2D eigenvalue weighted by Crippen LogP contribution is -2.42. The highest BCUT2D eigenvalue weighted by molar-refractivity contribution is 7.89. The van der Waals surface area contributed by atoms with Crippen LogP contribution in [0.4, 0.5) is 17.6 Å². The largest absolute Gasteiger partial charge is 0.478 e. The van der Waals surface area contributed by atoms with Gasteiger partial charge < -0.3 is 9.67 Å². The molecule has 1 aromatic carbocycles. The van der Waals surface area contributed by atoms with Gasteiger partial charge in [0.2, 0.25) is 10.0 Å². The quantitative estimate of drug-likeness (QED) is 0.442. The number of pyridine rings is 1. The van der Waals surface area contributed by atoms with E-state index in [1.54, 1.807) is 17.7 Å². The second kappa shape index (κ2) is 8.90. The molecular weight excluding hydrogens is 490 g/mol. The summed E-state index contributed by atoms with van der Waals surface area (Å²) in [7, 11) is -4.53. The summed E-state index contributed by atoms with van der Waals surface area (Å²) in [5, 5.41) is 10.2. The fourth-order valence-corrected chi connectivity index (χ4v) is 5.66. The molecule has 12 heteroatoms. The zero-order valence-electron chi connectivity index (χ0n) is 18.9. The van der Waals surface area contributed by atoms with Gasteiger partial charge in [-0.25, -0.2) is 17.6 Å². The minimum atomic E-state index is -4.77. The van der Waals surface area contributed by atoms with Crippen molar-refractivity contribution in [2.24, 2.45) is 0 Å². The first-order valence-electron chi connectivity index (χ1n) is 10.9. The van der Waals surface area contributed by atoms with E-state index in [0.29, 0.717) is 18.0 Å². The molecule has 35 heavy (non-hydrogen) atoms. The molecule has 2 aromatic heterocycles. The number of rotatable bonds is 6. The van der Waals surface area contributed by atoms with Crippen LogP contribution in [-0.4, -0.2) is 41.3 Å². The van der Waals surface area contributed by atoms with E-state index in [9.17, 15) is 35.9 Å². The molecule has 1 fully saturated rings. The molecule has 0 radical (unpaired) electrons. The van der Waals surface area contributed by atoms with Gasteiger partial charge in [0, 0.05) is 17.6 Å². The van der Waals surface area contributed by atoms with E-state index in [0.717, 1.165) is 37.9 Å². The molecule has 1 atom stereocenters. The summed E-state index contributed by atoms with van der Waals surface area (Å²) in [6, 6.07) is 2.70. The highest BCUT2D eigenvalue weighted by atomic mass is 32.2. The number of fused-ring (bicyclic) bond motifs is 1. The van der Waals surface area contributed by atoms with Gasteiger partial charge in [0.15, 0.2) is 0 Å². The SMILES string of the molecule is Cc1cc2c(cc1F)c(C(=O)O)c(-c1ccc(S(=O)(=O)NC(C)C(F)(F)F)cn1)n2C1CCCC1. The van der Waals surface area contributed by atoms with E-state index in [2.05, 4.69) is 4.98 Å². The standard InChI is InChI=1S/C23H23F4N3O4S/c1-12-9-19-16(10-17(12)24)20(22(31)32)21(30(19)14-5-3-4-6-14)18-8-7-15(11-28-18)35(33,34)29-13(2)23(25,26)27/h7-11,13-14,29H,3-6H2,1-2H3,(H,31,32). The zero-order chi connectivity index (χ0) is 25.7. The van der Waals surface area contributed by atoms with Crippen molar-refractivity contribution in [3.63, 3.8) is 0 Å². The fourth-order valence-electron chi connectivity index (χ4n) is 4.49. The number of carboxylic acid groups (broad SMARTS) is 1. The Morgan fingerprint density at radius 3 is 2.43 bits per heavy atom. The number of hydrogen-bond acceptors (Lipinski definition) is 4. The second-order valence-corrected chi connectivity index (χ2v) is 10.4. The van der Waals surface area contributed by atoms with Crippen LogP contribution in [0, 0.1) is 12.7 Å². The average molecular weight is 514 g/mol. The molecule has 2 heterocycles. The molecular formula is C23H23F4N3O4S. The van der Waals surface area contributed by atoms with Crippen LogP contribution in [0.5, 0.6) is 0 Å². The second-order valence-electron chi connectivity index (χ2n) is 8.72. The van der Waals surface area contributed by atoms with Crippen molar-refractivity contribution in [1.29, 1.82) is 0 Å². The molecule has 1 aliphatic rings. The number of hydrogen-bond donors (Lipinski definition) is 2. The van der Waals surface area contributed by atoms with Crippen molar-refractivity contribution in [2.45, 2.75) is 62.7 Å². The van der Waals surface area contributed by atoms with Crippen LogP contribution >= 0.6 is 0 Å². The summed E-state index contributed by atoms with van der Waals surface area (Å²) in [5.74, 6) is -1.86. The smallest absolute Gasteiger partial charge is 0.404 e. The van der Waals surface area contributed by atoms with E-state index in [-0.39, 0.29) is 28.4 Å². The predicted molar refractivity (Wildman–Crippen MR) is 120 cm³/mol. The third kappa shape index (κ3) is 4.64. The molecule has 3 aromatic rings. The molecule has 7 nitrogen and oxygen atoms in total. The monoisotopic (exact) mass is 513 g/mol.